The lowest BCUT2D eigenvalue weighted by Gasteiger charge is -2.00. The maximum absolute atomic E-state index is 12.1. The van der Waals surface area contributed by atoms with Gasteiger partial charge in [0.2, 0.25) is 0 Å². The van der Waals surface area contributed by atoms with Gasteiger partial charge in [-0.3, -0.25) is 20.2 Å². The second kappa shape index (κ2) is 6.05. The van der Waals surface area contributed by atoms with E-state index in [0.717, 1.165) is 11.3 Å². The minimum atomic E-state index is -1.04. The third-order valence-corrected chi connectivity index (χ3v) is 4.13. The number of nitrogens with one attached hydrogen (secondary N) is 1. The molecule has 1 aromatic heterocycles. The number of nitrogens with zero attached hydrogens (tertiary/aromatic N) is 2. The molecule has 1 amide bonds. The largest absolute Gasteiger partial charge is 0.478 e. The van der Waals surface area contributed by atoms with Crippen LogP contribution in [0.1, 0.15) is 20.7 Å². The van der Waals surface area contributed by atoms with E-state index in [1.165, 1.54) is 36.4 Å². The van der Waals surface area contributed by atoms with E-state index in [2.05, 4.69) is 10.3 Å². The summed E-state index contributed by atoms with van der Waals surface area (Å²) in [6.07, 6.45) is 0. The van der Waals surface area contributed by atoms with Crippen LogP contribution in [0, 0.1) is 10.1 Å². The quantitative estimate of drug-likeness (QED) is 0.554. The van der Waals surface area contributed by atoms with Crippen LogP contribution in [-0.4, -0.2) is 26.9 Å². The Morgan fingerprint density at radius 1 is 1.12 bits per heavy atom. The van der Waals surface area contributed by atoms with Gasteiger partial charge in [0.1, 0.15) is 0 Å². The smallest absolute Gasteiger partial charge is 0.335 e. The fourth-order valence-corrected chi connectivity index (χ4v) is 2.92. The SMILES string of the molecule is O=C(O)c1ccc2nc(NC(=O)c3ccc([N+](=O)[O-])cc3)sc2c1. The first-order chi connectivity index (χ1) is 11.4. The van der Waals surface area contributed by atoms with Gasteiger partial charge in [-0.1, -0.05) is 11.3 Å². The first kappa shape index (κ1) is 15.6. The fraction of sp³-hybridized carbons (Fsp3) is 0. The Balaban J connectivity index is 1.82. The number of carboxylic acids is 1. The molecule has 0 unspecified atom stereocenters. The van der Waals surface area contributed by atoms with Gasteiger partial charge in [-0.15, -0.1) is 0 Å². The maximum Gasteiger partial charge on any atom is 0.335 e. The molecule has 0 radical (unpaired) electrons. The number of rotatable bonds is 4. The van der Waals surface area contributed by atoms with Crippen molar-refractivity contribution in [1.29, 1.82) is 0 Å². The number of hydrogen-bond acceptors (Lipinski definition) is 6. The van der Waals surface area contributed by atoms with E-state index in [1.807, 2.05) is 0 Å². The lowest BCUT2D eigenvalue weighted by molar-refractivity contribution is -0.384. The number of fused-ring (bicyclic) bond motifs is 1. The molecule has 2 aromatic carbocycles. The topological polar surface area (TPSA) is 122 Å². The van der Waals surface area contributed by atoms with Gasteiger partial charge in [-0.2, -0.15) is 0 Å². The van der Waals surface area contributed by atoms with Crippen molar-refractivity contribution in [3.05, 3.63) is 63.7 Å². The predicted octanol–water partition coefficient (Wildman–Crippen LogP) is 3.16. The zero-order valence-corrected chi connectivity index (χ0v) is 12.7. The number of aromatic carboxylic acids is 1. The van der Waals surface area contributed by atoms with Gasteiger partial charge in [0, 0.05) is 17.7 Å². The van der Waals surface area contributed by atoms with Crippen LogP contribution in [0.15, 0.2) is 42.5 Å². The molecule has 9 heteroatoms. The Morgan fingerprint density at radius 2 is 1.79 bits per heavy atom. The molecule has 120 valence electrons. The van der Waals surface area contributed by atoms with Gasteiger partial charge in [0.15, 0.2) is 5.13 Å². The van der Waals surface area contributed by atoms with E-state index in [-0.39, 0.29) is 16.8 Å². The Bertz CT molecular complexity index is 965. The number of nitro benzene ring substituents is 1. The summed E-state index contributed by atoms with van der Waals surface area (Å²) in [6.45, 7) is 0. The Kier molecular flexibility index (Phi) is 3.92. The van der Waals surface area contributed by atoms with E-state index in [4.69, 9.17) is 5.11 Å². The molecule has 0 saturated heterocycles. The van der Waals surface area contributed by atoms with Gasteiger partial charge in [-0.25, -0.2) is 9.78 Å². The highest BCUT2D eigenvalue weighted by Crippen LogP contribution is 2.27. The minimum absolute atomic E-state index is 0.104. The van der Waals surface area contributed by atoms with Gasteiger partial charge < -0.3 is 5.11 Å². The number of hydrogen-bond donors (Lipinski definition) is 2. The number of nitro groups is 1. The van der Waals surface area contributed by atoms with E-state index >= 15 is 0 Å². The van der Waals surface area contributed by atoms with Crippen molar-refractivity contribution < 1.29 is 19.6 Å². The molecular formula is C15H9N3O5S. The van der Waals surface area contributed by atoms with Crippen LogP contribution in [0.2, 0.25) is 0 Å². The van der Waals surface area contributed by atoms with Crippen LogP contribution < -0.4 is 5.32 Å². The number of benzene rings is 2. The molecular weight excluding hydrogens is 334 g/mol. The number of anilines is 1. The van der Waals surface area contributed by atoms with Crippen LogP contribution in [-0.2, 0) is 0 Å². The van der Waals surface area contributed by atoms with E-state index in [1.54, 1.807) is 6.07 Å². The van der Waals surface area contributed by atoms with E-state index in [9.17, 15) is 19.7 Å². The summed E-state index contributed by atoms with van der Waals surface area (Å²) in [7, 11) is 0. The van der Waals surface area contributed by atoms with Crippen LogP contribution in [0.4, 0.5) is 10.8 Å². The van der Waals surface area contributed by atoms with Gasteiger partial charge in [0.25, 0.3) is 11.6 Å². The first-order valence-electron chi connectivity index (χ1n) is 6.64. The van der Waals surface area contributed by atoms with Crippen LogP contribution in [0.25, 0.3) is 10.2 Å². The lowest BCUT2D eigenvalue weighted by Crippen LogP contribution is -2.11. The molecule has 0 aliphatic carbocycles. The zero-order valence-electron chi connectivity index (χ0n) is 11.9. The van der Waals surface area contributed by atoms with Crippen molar-refractivity contribution in [2.24, 2.45) is 0 Å². The summed E-state index contributed by atoms with van der Waals surface area (Å²) in [5.74, 6) is -1.50. The number of carboxylic acid groups (broad SMARTS) is 1. The number of thiazole rings is 1. The molecule has 0 fully saturated rings. The summed E-state index contributed by atoms with van der Waals surface area (Å²) in [6, 6.07) is 9.67. The van der Waals surface area contributed by atoms with E-state index in [0.29, 0.717) is 15.3 Å². The molecule has 0 spiro atoms. The summed E-state index contributed by atoms with van der Waals surface area (Å²) in [5.41, 5.74) is 0.863. The summed E-state index contributed by atoms with van der Waals surface area (Å²) in [4.78, 5) is 37.4. The summed E-state index contributed by atoms with van der Waals surface area (Å²) >= 11 is 1.15. The molecule has 0 atom stereocenters. The fourth-order valence-electron chi connectivity index (χ4n) is 2.01. The number of amides is 1. The third-order valence-electron chi connectivity index (χ3n) is 3.20. The number of aromatic nitrogens is 1. The van der Waals surface area contributed by atoms with Gasteiger partial charge in [0.05, 0.1) is 20.7 Å². The predicted molar refractivity (Wildman–Crippen MR) is 87.6 cm³/mol. The number of non-ortho nitro benzene ring substituents is 1. The standard InChI is InChI=1S/C15H9N3O5S/c19-13(8-1-4-10(5-2-8)18(22)23)17-15-16-11-6-3-9(14(20)21)7-12(11)24-15/h1-7H,(H,20,21)(H,16,17,19). The average Bonchev–Trinajstić information content (AvgIpc) is 2.96. The number of carbonyl (C=O) groups is 2. The maximum atomic E-state index is 12.1. The highest BCUT2D eigenvalue weighted by Gasteiger charge is 2.13. The minimum Gasteiger partial charge on any atom is -0.478 e. The summed E-state index contributed by atoms with van der Waals surface area (Å²) in [5, 5.41) is 22.5. The van der Waals surface area contributed by atoms with Crippen molar-refractivity contribution in [3.8, 4) is 0 Å². The van der Waals surface area contributed by atoms with Crippen molar-refractivity contribution in [1.82, 2.24) is 4.98 Å². The molecule has 0 saturated carbocycles. The third kappa shape index (κ3) is 3.06. The van der Waals surface area contributed by atoms with Crippen molar-refractivity contribution in [3.63, 3.8) is 0 Å². The molecule has 3 aromatic rings. The molecule has 0 aliphatic rings. The van der Waals surface area contributed by atoms with Crippen LogP contribution in [0.3, 0.4) is 0 Å². The normalized spacial score (nSPS) is 10.5. The highest BCUT2D eigenvalue weighted by atomic mass is 32.1. The molecule has 24 heavy (non-hydrogen) atoms. The monoisotopic (exact) mass is 343 g/mol. The Labute approximate surface area is 138 Å². The molecule has 8 nitrogen and oxygen atoms in total. The average molecular weight is 343 g/mol. The van der Waals surface area contributed by atoms with Crippen LogP contribution >= 0.6 is 11.3 Å². The Hall–Kier alpha value is -3.33. The van der Waals surface area contributed by atoms with Crippen LogP contribution in [0.5, 0.6) is 0 Å². The van der Waals surface area contributed by atoms with Crippen molar-refractivity contribution >= 4 is 44.2 Å². The van der Waals surface area contributed by atoms with Crippen molar-refractivity contribution in [2.45, 2.75) is 0 Å². The zero-order chi connectivity index (χ0) is 17.3. The first-order valence-corrected chi connectivity index (χ1v) is 7.45. The molecule has 0 aliphatic heterocycles. The highest BCUT2D eigenvalue weighted by molar-refractivity contribution is 7.22. The van der Waals surface area contributed by atoms with Gasteiger partial charge in [-0.05, 0) is 30.3 Å². The lowest BCUT2D eigenvalue weighted by atomic mass is 10.2. The molecule has 2 N–H and O–H groups in total. The molecule has 3 rings (SSSR count). The van der Waals surface area contributed by atoms with Gasteiger partial charge >= 0.3 is 5.97 Å². The Morgan fingerprint density at radius 3 is 2.42 bits per heavy atom. The molecule has 1 heterocycles. The molecule has 0 bridgehead atoms. The second-order valence-corrected chi connectivity index (χ2v) is 5.80. The summed E-state index contributed by atoms with van der Waals surface area (Å²) < 4.78 is 0.633. The number of carbonyl (C=O) groups excluding carboxylic acids is 1. The van der Waals surface area contributed by atoms with E-state index < -0.39 is 16.8 Å². The van der Waals surface area contributed by atoms with Crippen molar-refractivity contribution in [2.75, 3.05) is 5.32 Å². The second-order valence-electron chi connectivity index (χ2n) is 4.76.